The first-order valence-corrected chi connectivity index (χ1v) is 13.6. The van der Waals surface area contributed by atoms with E-state index in [1.165, 1.54) is 21.2 Å². The molecule has 0 aromatic heterocycles. The van der Waals surface area contributed by atoms with Crippen molar-refractivity contribution < 1.29 is 9.16 Å². The molecule has 3 aromatic rings. The van der Waals surface area contributed by atoms with Gasteiger partial charge in [0.2, 0.25) is 0 Å². The van der Waals surface area contributed by atoms with Crippen LogP contribution in [0.1, 0.15) is 26.3 Å². The van der Waals surface area contributed by atoms with Crippen LogP contribution < -0.4 is 9.16 Å². The molecule has 4 heteroatoms. The molecule has 0 saturated carbocycles. The average molecular weight is 411 g/mol. The van der Waals surface area contributed by atoms with Gasteiger partial charge >= 0.3 is 0 Å². The second-order valence-electron chi connectivity index (χ2n) is 8.64. The second kappa shape index (κ2) is 8.22. The number of ether oxygens (including phenoxy) is 1. The molecular weight excluding hydrogens is 380 g/mol. The lowest BCUT2D eigenvalue weighted by atomic mass is 10.1. The average Bonchev–Trinajstić information content (AvgIpc) is 2.65. The standard InChI is InChI=1S/C24H30O2SSi/c1-24(2,3)28(5,6)26-23-16-21(15-19-9-7-8-10-22(19)23)27-17-18-11-13-20(25-4)14-12-18/h7-16H,17H2,1-6H3. The van der Waals surface area contributed by atoms with Crippen LogP contribution in [0.25, 0.3) is 10.8 Å². The van der Waals surface area contributed by atoms with Crippen molar-refractivity contribution in [3.05, 3.63) is 66.2 Å². The lowest BCUT2D eigenvalue weighted by molar-refractivity contribution is 0.414. The Bertz CT molecular complexity index is 943. The van der Waals surface area contributed by atoms with Crippen LogP contribution >= 0.6 is 11.8 Å². The van der Waals surface area contributed by atoms with Crippen LogP contribution in [0.2, 0.25) is 18.1 Å². The van der Waals surface area contributed by atoms with E-state index in [4.69, 9.17) is 9.16 Å². The largest absolute Gasteiger partial charge is 0.543 e. The summed E-state index contributed by atoms with van der Waals surface area (Å²) in [5.41, 5.74) is 1.28. The first-order chi connectivity index (χ1) is 13.2. The van der Waals surface area contributed by atoms with E-state index in [2.05, 4.69) is 82.4 Å². The van der Waals surface area contributed by atoms with Crippen LogP contribution in [0.4, 0.5) is 0 Å². The molecule has 0 bridgehead atoms. The predicted molar refractivity (Wildman–Crippen MR) is 124 cm³/mol. The van der Waals surface area contributed by atoms with Gasteiger partial charge in [-0.15, -0.1) is 11.8 Å². The van der Waals surface area contributed by atoms with E-state index in [-0.39, 0.29) is 5.04 Å². The van der Waals surface area contributed by atoms with Gasteiger partial charge in [-0.05, 0) is 53.3 Å². The van der Waals surface area contributed by atoms with Crippen molar-refractivity contribution in [3.8, 4) is 11.5 Å². The fraction of sp³-hybridized carbons (Fsp3) is 0.333. The van der Waals surface area contributed by atoms with Crippen LogP contribution in [-0.4, -0.2) is 15.4 Å². The third-order valence-electron chi connectivity index (χ3n) is 5.53. The van der Waals surface area contributed by atoms with Crippen LogP contribution in [0, 0.1) is 0 Å². The van der Waals surface area contributed by atoms with E-state index >= 15 is 0 Å². The summed E-state index contributed by atoms with van der Waals surface area (Å²) in [6.45, 7) is 11.5. The number of thioether (sulfide) groups is 1. The molecule has 28 heavy (non-hydrogen) atoms. The molecule has 3 rings (SSSR count). The second-order valence-corrected chi connectivity index (χ2v) is 14.4. The van der Waals surface area contributed by atoms with Gasteiger partial charge in [0.25, 0.3) is 8.32 Å². The van der Waals surface area contributed by atoms with Crippen molar-refractivity contribution in [2.75, 3.05) is 7.11 Å². The van der Waals surface area contributed by atoms with Crippen LogP contribution in [0.15, 0.2) is 65.6 Å². The Morgan fingerprint density at radius 2 is 1.61 bits per heavy atom. The van der Waals surface area contributed by atoms with Gasteiger partial charge in [0.1, 0.15) is 11.5 Å². The monoisotopic (exact) mass is 410 g/mol. The maximum atomic E-state index is 6.71. The minimum Gasteiger partial charge on any atom is -0.543 e. The predicted octanol–water partition coefficient (Wildman–Crippen LogP) is 7.52. The molecule has 148 valence electrons. The van der Waals surface area contributed by atoms with Gasteiger partial charge in [0.15, 0.2) is 0 Å². The summed E-state index contributed by atoms with van der Waals surface area (Å²) in [5, 5.41) is 2.59. The van der Waals surface area contributed by atoms with E-state index in [0.29, 0.717) is 0 Å². The fourth-order valence-electron chi connectivity index (χ4n) is 2.73. The first kappa shape index (κ1) is 20.8. The molecule has 0 aliphatic carbocycles. The van der Waals surface area contributed by atoms with Gasteiger partial charge < -0.3 is 9.16 Å². The molecule has 0 aliphatic rings. The van der Waals surface area contributed by atoms with Gasteiger partial charge in [-0.2, -0.15) is 0 Å². The maximum absolute atomic E-state index is 6.71. The molecule has 0 heterocycles. The summed E-state index contributed by atoms with van der Waals surface area (Å²) in [6, 6.07) is 21.3. The summed E-state index contributed by atoms with van der Waals surface area (Å²) in [7, 11) is -0.209. The first-order valence-electron chi connectivity index (χ1n) is 9.67. The van der Waals surface area contributed by atoms with Crippen LogP contribution in [-0.2, 0) is 5.75 Å². The molecule has 0 amide bonds. The van der Waals surface area contributed by atoms with Crippen molar-refractivity contribution in [2.45, 2.75) is 49.6 Å². The van der Waals surface area contributed by atoms with Crippen molar-refractivity contribution in [3.63, 3.8) is 0 Å². The molecule has 0 N–H and O–H groups in total. The number of fused-ring (bicyclic) bond motifs is 1. The van der Waals surface area contributed by atoms with Crippen molar-refractivity contribution in [2.24, 2.45) is 0 Å². The van der Waals surface area contributed by atoms with Gasteiger partial charge in [-0.25, -0.2) is 0 Å². The minimum absolute atomic E-state index is 0.167. The highest BCUT2D eigenvalue weighted by atomic mass is 32.2. The topological polar surface area (TPSA) is 18.5 Å². The van der Waals surface area contributed by atoms with E-state index in [9.17, 15) is 0 Å². The van der Waals surface area contributed by atoms with Crippen molar-refractivity contribution >= 4 is 30.9 Å². The number of hydrogen-bond donors (Lipinski definition) is 0. The van der Waals surface area contributed by atoms with Crippen LogP contribution in [0.5, 0.6) is 11.5 Å². The van der Waals surface area contributed by atoms with Gasteiger partial charge in [-0.3, -0.25) is 0 Å². The number of rotatable bonds is 6. The smallest absolute Gasteiger partial charge is 0.250 e. The summed E-state index contributed by atoms with van der Waals surface area (Å²) >= 11 is 1.84. The zero-order valence-corrected chi connectivity index (χ0v) is 19.5. The Labute approximate surface area is 174 Å². The minimum atomic E-state index is -1.91. The molecular formula is C24H30O2SSi. The molecule has 0 fully saturated rings. The van der Waals surface area contributed by atoms with Crippen molar-refractivity contribution in [1.82, 2.24) is 0 Å². The maximum Gasteiger partial charge on any atom is 0.250 e. The normalized spacial score (nSPS) is 12.2. The third kappa shape index (κ3) is 4.73. The highest BCUT2D eigenvalue weighted by Gasteiger charge is 2.39. The highest BCUT2D eigenvalue weighted by Crippen LogP contribution is 2.41. The van der Waals surface area contributed by atoms with Gasteiger partial charge in [-0.1, -0.05) is 57.2 Å². The number of benzene rings is 3. The Morgan fingerprint density at radius 3 is 2.25 bits per heavy atom. The lowest BCUT2D eigenvalue weighted by Crippen LogP contribution is -2.43. The quantitative estimate of drug-likeness (QED) is 0.309. The molecule has 0 radical (unpaired) electrons. The third-order valence-corrected chi connectivity index (χ3v) is 10.9. The van der Waals surface area contributed by atoms with E-state index in [1.54, 1.807) is 7.11 Å². The lowest BCUT2D eigenvalue weighted by Gasteiger charge is -2.37. The molecule has 0 aliphatic heterocycles. The Kier molecular flexibility index (Phi) is 6.11. The highest BCUT2D eigenvalue weighted by molar-refractivity contribution is 7.98. The molecule has 0 atom stereocenters. The van der Waals surface area contributed by atoms with E-state index in [0.717, 1.165) is 17.3 Å². The van der Waals surface area contributed by atoms with E-state index < -0.39 is 8.32 Å². The Hall–Kier alpha value is -1.91. The summed E-state index contributed by atoms with van der Waals surface area (Å²) in [4.78, 5) is 1.24. The molecule has 0 unspecified atom stereocenters. The molecule has 2 nitrogen and oxygen atoms in total. The zero-order chi connectivity index (χ0) is 20.4. The zero-order valence-electron chi connectivity index (χ0n) is 17.7. The van der Waals surface area contributed by atoms with Gasteiger partial charge in [0.05, 0.1) is 7.11 Å². The van der Waals surface area contributed by atoms with Crippen LogP contribution in [0.3, 0.4) is 0 Å². The number of hydrogen-bond acceptors (Lipinski definition) is 3. The SMILES string of the molecule is COc1ccc(CSc2cc(O[Si](C)(C)C(C)(C)C)c3ccccc3c2)cc1. The molecule has 0 spiro atoms. The summed E-state index contributed by atoms with van der Waals surface area (Å²) < 4.78 is 12.0. The Morgan fingerprint density at radius 1 is 0.929 bits per heavy atom. The van der Waals surface area contributed by atoms with Crippen molar-refractivity contribution in [1.29, 1.82) is 0 Å². The molecule has 0 saturated heterocycles. The summed E-state index contributed by atoms with van der Waals surface area (Å²) in [5.74, 6) is 2.83. The molecule has 3 aromatic carbocycles. The Balaban J connectivity index is 1.88. The van der Waals surface area contributed by atoms with E-state index in [1.807, 2.05) is 23.9 Å². The fourth-order valence-corrected chi connectivity index (χ4v) is 4.68. The number of methoxy groups -OCH3 is 1. The van der Waals surface area contributed by atoms with Gasteiger partial charge in [0, 0.05) is 16.0 Å². The summed E-state index contributed by atoms with van der Waals surface area (Å²) in [6.07, 6.45) is 0.